The maximum absolute atomic E-state index is 8.62. The maximum Gasteiger partial charge on any atom is 0.184 e. The fraction of sp³-hybridized carbons (Fsp3) is 0.818. The van der Waals surface area contributed by atoms with Crippen LogP contribution in [-0.4, -0.2) is 26.1 Å². The predicted molar refractivity (Wildman–Crippen MR) is 64.0 cm³/mol. The van der Waals surface area contributed by atoms with E-state index in [9.17, 15) is 0 Å². The Balaban J connectivity index is 3.95. The van der Waals surface area contributed by atoms with Crippen LogP contribution in [0.4, 0.5) is 0 Å². The second-order valence-corrected chi connectivity index (χ2v) is 8.99. The minimum Gasteiger partial charge on any atom is -0.414 e. The number of rotatable bonds is 7. The highest BCUT2D eigenvalue weighted by Crippen LogP contribution is 2.14. The van der Waals surface area contributed by atoms with Crippen molar-refractivity contribution >= 4 is 8.32 Å². The van der Waals surface area contributed by atoms with Gasteiger partial charge in [0.2, 0.25) is 0 Å². The second kappa shape index (κ2) is 7.21. The van der Waals surface area contributed by atoms with Crippen molar-refractivity contribution in [1.29, 1.82) is 0 Å². The molecule has 0 heterocycles. The Morgan fingerprint density at radius 2 is 1.93 bits per heavy atom. The van der Waals surface area contributed by atoms with Gasteiger partial charge in [0.05, 0.1) is 6.61 Å². The SMILES string of the molecule is CCCC(C/C=C/CO)O[Si](C)(C)C. The van der Waals surface area contributed by atoms with Crippen molar-refractivity contribution in [2.24, 2.45) is 0 Å². The van der Waals surface area contributed by atoms with E-state index in [2.05, 4.69) is 26.6 Å². The Morgan fingerprint density at radius 3 is 2.36 bits per heavy atom. The van der Waals surface area contributed by atoms with Gasteiger partial charge in [0, 0.05) is 6.10 Å². The smallest absolute Gasteiger partial charge is 0.184 e. The molecule has 0 saturated carbocycles. The molecule has 0 bridgehead atoms. The number of aliphatic hydroxyl groups is 1. The molecule has 0 aromatic heterocycles. The molecule has 0 aromatic rings. The van der Waals surface area contributed by atoms with E-state index in [0.717, 1.165) is 19.3 Å². The minimum atomic E-state index is -1.41. The van der Waals surface area contributed by atoms with E-state index >= 15 is 0 Å². The van der Waals surface area contributed by atoms with Crippen molar-refractivity contribution in [2.45, 2.75) is 51.9 Å². The van der Waals surface area contributed by atoms with Gasteiger partial charge in [-0.1, -0.05) is 25.5 Å². The molecule has 0 radical (unpaired) electrons. The third-order valence-corrected chi connectivity index (χ3v) is 2.84. The molecule has 0 amide bonds. The normalized spacial score (nSPS) is 14.9. The molecule has 0 aliphatic heterocycles. The predicted octanol–water partition coefficient (Wildman–Crippen LogP) is 2.95. The highest BCUT2D eigenvalue weighted by atomic mass is 28.4. The average Bonchev–Trinajstić information content (AvgIpc) is 2.02. The van der Waals surface area contributed by atoms with Gasteiger partial charge in [0.15, 0.2) is 8.32 Å². The molecular formula is C11H24O2Si. The van der Waals surface area contributed by atoms with Crippen LogP contribution in [0.15, 0.2) is 12.2 Å². The fourth-order valence-corrected chi connectivity index (χ4v) is 2.58. The highest BCUT2D eigenvalue weighted by Gasteiger charge is 2.19. The van der Waals surface area contributed by atoms with Crippen LogP contribution in [0.5, 0.6) is 0 Å². The van der Waals surface area contributed by atoms with Gasteiger partial charge >= 0.3 is 0 Å². The topological polar surface area (TPSA) is 29.5 Å². The van der Waals surface area contributed by atoms with Crippen LogP contribution in [0.3, 0.4) is 0 Å². The molecule has 0 spiro atoms. The lowest BCUT2D eigenvalue weighted by Crippen LogP contribution is -2.31. The summed E-state index contributed by atoms with van der Waals surface area (Å²) in [6, 6.07) is 0. The van der Waals surface area contributed by atoms with E-state index in [-0.39, 0.29) is 6.61 Å². The Morgan fingerprint density at radius 1 is 1.29 bits per heavy atom. The quantitative estimate of drug-likeness (QED) is 0.524. The van der Waals surface area contributed by atoms with Crippen LogP contribution >= 0.6 is 0 Å². The monoisotopic (exact) mass is 216 g/mol. The Hall–Kier alpha value is -0.123. The number of hydrogen-bond donors (Lipinski definition) is 1. The third kappa shape index (κ3) is 8.47. The Labute approximate surface area is 89.1 Å². The van der Waals surface area contributed by atoms with Crippen molar-refractivity contribution in [3.63, 3.8) is 0 Å². The van der Waals surface area contributed by atoms with Crippen LogP contribution < -0.4 is 0 Å². The molecule has 1 atom stereocenters. The van der Waals surface area contributed by atoms with Crippen LogP contribution in [0.25, 0.3) is 0 Å². The van der Waals surface area contributed by atoms with Gasteiger partial charge in [0.1, 0.15) is 0 Å². The highest BCUT2D eigenvalue weighted by molar-refractivity contribution is 6.69. The van der Waals surface area contributed by atoms with E-state index in [0.29, 0.717) is 6.10 Å². The molecule has 2 nitrogen and oxygen atoms in total. The van der Waals surface area contributed by atoms with E-state index in [1.54, 1.807) is 6.08 Å². The Bertz CT molecular complexity index is 161. The van der Waals surface area contributed by atoms with E-state index in [1.165, 1.54) is 0 Å². The number of aliphatic hydroxyl groups excluding tert-OH is 1. The third-order valence-electron chi connectivity index (χ3n) is 1.80. The standard InChI is InChI=1S/C11H24O2Si/c1-5-8-11(9-6-7-10-12)13-14(2,3)4/h6-7,11-12H,5,8-10H2,1-4H3/b7-6+. The van der Waals surface area contributed by atoms with E-state index in [1.807, 2.05) is 6.08 Å². The Kier molecular flexibility index (Phi) is 7.14. The summed E-state index contributed by atoms with van der Waals surface area (Å²) in [4.78, 5) is 0. The van der Waals surface area contributed by atoms with E-state index in [4.69, 9.17) is 9.53 Å². The molecule has 0 saturated heterocycles. The zero-order valence-electron chi connectivity index (χ0n) is 9.92. The van der Waals surface area contributed by atoms with Crippen molar-refractivity contribution in [3.05, 3.63) is 12.2 Å². The molecule has 3 heteroatoms. The lowest BCUT2D eigenvalue weighted by atomic mass is 10.1. The first kappa shape index (κ1) is 13.9. The second-order valence-electron chi connectivity index (χ2n) is 4.53. The van der Waals surface area contributed by atoms with Gasteiger partial charge in [-0.15, -0.1) is 0 Å². The van der Waals surface area contributed by atoms with Gasteiger partial charge in [-0.2, -0.15) is 0 Å². The van der Waals surface area contributed by atoms with Gasteiger partial charge in [-0.25, -0.2) is 0 Å². The summed E-state index contributed by atoms with van der Waals surface area (Å²) in [6.45, 7) is 8.95. The first-order valence-electron chi connectivity index (χ1n) is 5.43. The molecule has 1 N–H and O–H groups in total. The molecule has 0 fully saturated rings. The summed E-state index contributed by atoms with van der Waals surface area (Å²) < 4.78 is 6.03. The van der Waals surface area contributed by atoms with Crippen LogP contribution in [0.1, 0.15) is 26.2 Å². The van der Waals surface area contributed by atoms with Gasteiger partial charge in [-0.3, -0.25) is 0 Å². The molecule has 1 unspecified atom stereocenters. The first-order chi connectivity index (χ1) is 6.49. The van der Waals surface area contributed by atoms with Gasteiger partial charge < -0.3 is 9.53 Å². The summed E-state index contributed by atoms with van der Waals surface area (Å²) in [5.41, 5.74) is 0. The lowest BCUT2D eigenvalue weighted by Gasteiger charge is -2.25. The molecule has 0 aliphatic rings. The van der Waals surface area contributed by atoms with E-state index < -0.39 is 8.32 Å². The molecule has 0 rings (SSSR count). The van der Waals surface area contributed by atoms with Crippen molar-refractivity contribution in [2.75, 3.05) is 6.61 Å². The largest absolute Gasteiger partial charge is 0.414 e. The summed E-state index contributed by atoms with van der Waals surface area (Å²) in [5, 5.41) is 8.62. The summed E-state index contributed by atoms with van der Waals surface area (Å²) in [5.74, 6) is 0. The van der Waals surface area contributed by atoms with Crippen molar-refractivity contribution in [3.8, 4) is 0 Å². The molecule has 84 valence electrons. The summed E-state index contributed by atoms with van der Waals surface area (Å²) in [7, 11) is -1.41. The van der Waals surface area contributed by atoms with Gasteiger partial charge in [-0.05, 0) is 32.5 Å². The maximum atomic E-state index is 8.62. The summed E-state index contributed by atoms with van der Waals surface area (Å²) in [6.07, 6.45) is 7.34. The zero-order valence-corrected chi connectivity index (χ0v) is 10.9. The first-order valence-corrected chi connectivity index (χ1v) is 8.84. The molecular weight excluding hydrogens is 192 g/mol. The van der Waals surface area contributed by atoms with Crippen LogP contribution in [-0.2, 0) is 4.43 Å². The van der Waals surface area contributed by atoms with Crippen LogP contribution in [0.2, 0.25) is 19.6 Å². The fourth-order valence-electron chi connectivity index (χ4n) is 1.37. The lowest BCUT2D eigenvalue weighted by molar-refractivity contribution is 0.185. The summed E-state index contributed by atoms with van der Waals surface area (Å²) >= 11 is 0. The van der Waals surface area contributed by atoms with Crippen molar-refractivity contribution < 1.29 is 9.53 Å². The minimum absolute atomic E-state index is 0.131. The number of hydrogen-bond acceptors (Lipinski definition) is 2. The average molecular weight is 216 g/mol. The molecule has 14 heavy (non-hydrogen) atoms. The zero-order chi connectivity index (χ0) is 11.0. The van der Waals surface area contributed by atoms with Crippen LogP contribution in [0, 0.1) is 0 Å². The van der Waals surface area contributed by atoms with Gasteiger partial charge in [0.25, 0.3) is 0 Å². The van der Waals surface area contributed by atoms with Crippen molar-refractivity contribution in [1.82, 2.24) is 0 Å². The molecule has 0 aliphatic carbocycles. The molecule has 0 aromatic carbocycles.